The predicted molar refractivity (Wildman–Crippen MR) is 63.9 cm³/mol. The maximum atomic E-state index is 11.0. The summed E-state index contributed by atoms with van der Waals surface area (Å²) >= 11 is 0. The lowest BCUT2D eigenvalue weighted by atomic mass is 10.1. The van der Waals surface area contributed by atoms with Crippen LogP contribution in [0.3, 0.4) is 0 Å². The molecule has 3 rings (SSSR count). The maximum absolute atomic E-state index is 11.0. The number of rotatable bonds is 4. The van der Waals surface area contributed by atoms with Gasteiger partial charge in [0.1, 0.15) is 12.2 Å². The number of carbonyl (C=O) groups excluding carboxylic acids is 1. The Hall–Kier alpha value is -1.39. The summed E-state index contributed by atoms with van der Waals surface area (Å²) in [5.74, 6) is -0.145. The van der Waals surface area contributed by atoms with Gasteiger partial charge >= 0.3 is 5.97 Å². The van der Waals surface area contributed by atoms with Crippen molar-refractivity contribution in [1.82, 2.24) is 0 Å². The average molecular weight is 248 g/mol. The van der Waals surface area contributed by atoms with Crippen LogP contribution in [0.1, 0.15) is 18.4 Å². The molecule has 2 aliphatic rings. The Balaban J connectivity index is 1.42. The molecule has 0 N–H and O–H groups in total. The van der Waals surface area contributed by atoms with Gasteiger partial charge in [0.15, 0.2) is 0 Å². The highest BCUT2D eigenvalue weighted by atomic mass is 16.6. The van der Waals surface area contributed by atoms with E-state index in [1.54, 1.807) is 0 Å². The summed E-state index contributed by atoms with van der Waals surface area (Å²) < 4.78 is 16.5. The summed E-state index contributed by atoms with van der Waals surface area (Å²) in [6.45, 7) is 1.15. The van der Waals surface area contributed by atoms with Gasteiger partial charge in [-0.25, -0.2) is 0 Å². The second kappa shape index (κ2) is 5.08. The summed E-state index contributed by atoms with van der Waals surface area (Å²) in [7, 11) is 0. The van der Waals surface area contributed by atoms with Crippen molar-refractivity contribution in [3.63, 3.8) is 0 Å². The summed E-state index contributed by atoms with van der Waals surface area (Å²) in [5.41, 5.74) is 1.15. The molecule has 1 aromatic rings. The second-order valence-electron chi connectivity index (χ2n) is 4.77. The molecule has 0 spiro atoms. The van der Waals surface area contributed by atoms with Crippen LogP contribution in [0.2, 0.25) is 0 Å². The zero-order chi connectivity index (χ0) is 12.4. The Kier molecular flexibility index (Phi) is 3.30. The van der Waals surface area contributed by atoms with Gasteiger partial charge in [-0.05, 0) is 5.56 Å². The lowest BCUT2D eigenvalue weighted by Gasteiger charge is -2.11. The zero-order valence-corrected chi connectivity index (χ0v) is 10.1. The van der Waals surface area contributed by atoms with Crippen molar-refractivity contribution in [2.45, 2.75) is 37.8 Å². The first-order chi connectivity index (χ1) is 8.81. The molecule has 1 aromatic carbocycles. The van der Waals surface area contributed by atoms with E-state index >= 15 is 0 Å². The first-order valence-electron chi connectivity index (χ1n) is 6.28. The van der Waals surface area contributed by atoms with Gasteiger partial charge in [-0.15, -0.1) is 0 Å². The minimum absolute atomic E-state index is 0.0526. The highest BCUT2D eigenvalue weighted by Crippen LogP contribution is 2.31. The number of ether oxygens (including phenoxy) is 3. The van der Waals surface area contributed by atoms with Gasteiger partial charge in [-0.2, -0.15) is 0 Å². The van der Waals surface area contributed by atoms with E-state index in [0.717, 1.165) is 12.0 Å². The maximum Gasteiger partial charge on any atom is 0.308 e. The first-order valence-corrected chi connectivity index (χ1v) is 6.28. The number of esters is 1. The molecule has 0 unspecified atom stereocenters. The molecule has 0 radical (unpaired) electrons. The molecule has 3 atom stereocenters. The molecule has 2 fully saturated rings. The highest BCUT2D eigenvalue weighted by molar-refractivity contribution is 5.72. The largest absolute Gasteiger partial charge is 0.459 e. The molecule has 0 bridgehead atoms. The van der Waals surface area contributed by atoms with Gasteiger partial charge in [0.2, 0.25) is 0 Å². The molecule has 4 nitrogen and oxygen atoms in total. The normalized spacial score (nSPS) is 30.2. The van der Waals surface area contributed by atoms with Crippen molar-refractivity contribution in [2.75, 3.05) is 6.61 Å². The molecule has 2 saturated heterocycles. The van der Waals surface area contributed by atoms with E-state index < -0.39 is 0 Å². The summed E-state index contributed by atoms with van der Waals surface area (Å²) in [6, 6.07) is 10.0. The predicted octanol–water partition coefficient (Wildman–Crippen LogP) is 1.68. The lowest BCUT2D eigenvalue weighted by Crippen LogP contribution is -2.17. The van der Waals surface area contributed by atoms with Crippen molar-refractivity contribution in [3.8, 4) is 0 Å². The Morgan fingerprint density at radius 1 is 1.22 bits per heavy atom. The number of hydrogen-bond acceptors (Lipinski definition) is 4. The van der Waals surface area contributed by atoms with Gasteiger partial charge in [-0.3, -0.25) is 4.79 Å². The Bertz CT molecular complexity index is 401. The third-order valence-electron chi connectivity index (χ3n) is 3.34. The Labute approximate surface area is 106 Å². The molecule has 96 valence electrons. The van der Waals surface area contributed by atoms with Crippen LogP contribution in [-0.2, 0) is 25.6 Å². The minimum atomic E-state index is -0.145. The SMILES string of the molecule is O=C1C[C@H]2O[C@@H](COCc3ccccc3)C[C@H]2O1. The van der Waals surface area contributed by atoms with E-state index in [9.17, 15) is 4.79 Å². The molecule has 4 heteroatoms. The van der Waals surface area contributed by atoms with E-state index in [0.29, 0.717) is 19.6 Å². The molecule has 0 aliphatic carbocycles. The monoisotopic (exact) mass is 248 g/mol. The molecular formula is C14H16O4. The van der Waals surface area contributed by atoms with Gasteiger partial charge in [0.05, 0.1) is 25.7 Å². The fourth-order valence-electron chi connectivity index (χ4n) is 2.48. The fourth-order valence-corrected chi connectivity index (χ4v) is 2.48. The van der Waals surface area contributed by atoms with Gasteiger partial charge in [0.25, 0.3) is 0 Å². The van der Waals surface area contributed by atoms with E-state index in [2.05, 4.69) is 0 Å². The van der Waals surface area contributed by atoms with Gasteiger partial charge in [0, 0.05) is 6.42 Å². The third kappa shape index (κ3) is 2.54. The van der Waals surface area contributed by atoms with Crippen LogP contribution in [-0.4, -0.2) is 30.9 Å². The zero-order valence-electron chi connectivity index (χ0n) is 10.1. The van der Waals surface area contributed by atoms with Crippen LogP contribution in [0.4, 0.5) is 0 Å². The van der Waals surface area contributed by atoms with Crippen LogP contribution >= 0.6 is 0 Å². The number of benzene rings is 1. The van der Waals surface area contributed by atoms with E-state index in [4.69, 9.17) is 14.2 Å². The number of fused-ring (bicyclic) bond motifs is 1. The van der Waals surface area contributed by atoms with Gasteiger partial charge < -0.3 is 14.2 Å². The summed E-state index contributed by atoms with van der Waals surface area (Å²) in [5, 5.41) is 0. The highest BCUT2D eigenvalue weighted by Gasteiger charge is 2.44. The molecule has 2 heterocycles. The van der Waals surface area contributed by atoms with Crippen LogP contribution < -0.4 is 0 Å². The minimum Gasteiger partial charge on any atom is -0.459 e. The lowest BCUT2D eigenvalue weighted by molar-refractivity contribution is -0.141. The van der Waals surface area contributed by atoms with Crippen LogP contribution in [0.5, 0.6) is 0 Å². The van der Waals surface area contributed by atoms with E-state index in [-0.39, 0.29) is 24.3 Å². The van der Waals surface area contributed by atoms with Crippen LogP contribution in [0.15, 0.2) is 30.3 Å². The van der Waals surface area contributed by atoms with Crippen LogP contribution in [0.25, 0.3) is 0 Å². The van der Waals surface area contributed by atoms with E-state index in [1.165, 1.54) is 0 Å². The second-order valence-corrected chi connectivity index (χ2v) is 4.77. The molecular weight excluding hydrogens is 232 g/mol. The smallest absolute Gasteiger partial charge is 0.308 e. The molecule has 0 aromatic heterocycles. The molecule has 18 heavy (non-hydrogen) atoms. The van der Waals surface area contributed by atoms with Crippen molar-refractivity contribution in [3.05, 3.63) is 35.9 Å². The third-order valence-corrected chi connectivity index (χ3v) is 3.34. The van der Waals surface area contributed by atoms with E-state index in [1.807, 2.05) is 30.3 Å². The average Bonchev–Trinajstić information content (AvgIpc) is 2.87. The van der Waals surface area contributed by atoms with Crippen LogP contribution in [0, 0.1) is 0 Å². The quantitative estimate of drug-likeness (QED) is 0.760. The fraction of sp³-hybridized carbons (Fsp3) is 0.500. The molecule has 2 aliphatic heterocycles. The number of carbonyl (C=O) groups is 1. The van der Waals surface area contributed by atoms with Crippen molar-refractivity contribution in [1.29, 1.82) is 0 Å². The number of hydrogen-bond donors (Lipinski definition) is 0. The summed E-state index contributed by atoms with van der Waals surface area (Å²) in [6.07, 6.45) is 1.09. The standard InChI is InChI=1S/C14H16O4/c15-14-7-13-12(18-14)6-11(17-13)9-16-8-10-4-2-1-3-5-10/h1-5,11-13H,6-9H2/t11-,12-,13-/m1/s1. The Morgan fingerprint density at radius 3 is 2.83 bits per heavy atom. The van der Waals surface area contributed by atoms with Crippen molar-refractivity contribution >= 4 is 5.97 Å². The Morgan fingerprint density at radius 2 is 2.06 bits per heavy atom. The van der Waals surface area contributed by atoms with Crippen molar-refractivity contribution < 1.29 is 19.0 Å². The molecule has 0 amide bonds. The van der Waals surface area contributed by atoms with Crippen molar-refractivity contribution in [2.24, 2.45) is 0 Å². The topological polar surface area (TPSA) is 44.8 Å². The summed E-state index contributed by atoms with van der Waals surface area (Å²) in [4.78, 5) is 11.0. The van der Waals surface area contributed by atoms with Gasteiger partial charge in [-0.1, -0.05) is 30.3 Å². The molecule has 0 saturated carbocycles. The first kappa shape index (κ1) is 11.7.